The van der Waals surface area contributed by atoms with E-state index in [2.05, 4.69) is 0 Å². The van der Waals surface area contributed by atoms with Crippen molar-refractivity contribution in [3.63, 3.8) is 0 Å². The van der Waals surface area contributed by atoms with Crippen LogP contribution in [0.1, 0.15) is 17.2 Å². The lowest BCUT2D eigenvalue weighted by Gasteiger charge is -2.13. The Hall–Kier alpha value is -2.38. The molecule has 3 nitrogen and oxygen atoms in total. The van der Waals surface area contributed by atoms with Crippen LogP contribution in [-0.2, 0) is 0 Å². The van der Waals surface area contributed by atoms with Gasteiger partial charge in [-0.2, -0.15) is 5.26 Å². The van der Waals surface area contributed by atoms with Crippen molar-refractivity contribution in [1.29, 1.82) is 5.26 Å². The Balaban J connectivity index is 2.01. The minimum Gasteiger partial charge on any atom is -0.487 e. The first-order valence-corrected chi connectivity index (χ1v) is 5.76. The normalized spacial score (nSPS) is 11.6. The summed E-state index contributed by atoms with van der Waals surface area (Å²) in [5.74, 6) is -0.590. The highest BCUT2D eigenvalue weighted by Crippen LogP contribution is 2.20. The summed E-state index contributed by atoms with van der Waals surface area (Å²) >= 11 is 0. The predicted octanol–water partition coefficient (Wildman–Crippen LogP) is 2.81. The molecule has 1 atom stereocenters. The van der Waals surface area contributed by atoms with E-state index >= 15 is 0 Å². The van der Waals surface area contributed by atoms with Crippen LogP contribution in [0.5, 0.6) is 5.75 Å². The zero-order valence-corrected chi connectivity index (χ0v) is 10.1. The predicted molar refractivity (Wildman–Crippen MR) is 68.0 cm³/mol. The van der Waals surface area contributed by atoms with Crippen molar-refractivity contribution < 1.29 is 14.2 Å². The first kappa shape index (κ1) is 13.1. The highest BCUT2D eigenvalue weighted by molar-refractivity contribution is 5.36. The number of benzene rings is 2. The molecule has 0 bridgehead atoms. The molecule has 2 aromatic rings. The van der Waals surface area contributed by atoms with Crippen LogP contribution in [0, 0.1) is 17.1 Å². The molecule has 0 radical (unpaired) electrons. The Bertz CT molecular complexity index is 593. The van der Waals surface area contributed by atoms with Gasteiger partial charge in [0.25, 0.3) is 0 Å². The summed E-state index contributed by atoms with van der Waals surface area (Å²) in [6.45, 7) is -0.0488. The standard InChI is InChI=1S/C15H12FNO2/c16-13-8-11(9-17)6-7-15(13)19-10-14(18)12-4-2-1-3-5-12/h1-8,14,18H,10H2. The first-order chi connectivity index (χ1) is 9.20. The summed E-state index contributed by atoms with van der Waals surface area (Å²) in [7, 11) is 0. The molecule has 0 heterocycles. The van der Waals surface area contributed by atoms with E-state index in [1.54, 1.807) is 24.3 Å². The van der Waals surface area contributed by atoms with Gasteiger partial charge in [0.15, 0.2) is 11.6 Å². The molecular weight excluding hydrogens is 245 g/mol. The van der Waals surface area contributed by atoms with E-state index in [9.17, 15) is 9.50 Å². The van der Waals surface area contributed by atoms with Gasteiger partial charge in [-0.15, -0.1) is 0 Å². The third-order valence-corrected chi connectivity index (χ3v) is 2.64. The van der Waals surface area contributed by atoms with E-state index in [0.29, 0.717) is 5.56 Å². The number of halogens is 1. The number of aliphatic hydroxyl groups is 1. The van der Waals surface area contributed by atoms with Crippen molar-refractivity contribution >= 4 is 0 Å². The van der Waals surface area contributed by atoms with E-state index in [4.69, 9.17) is 10.00 Å². The Kier molecular flexibility index (Phi) is 4.11. The van der Waals surface area contributed by atoms with Crippen LogP contribution in [0.2, 0.25) is 0 Å². The van der Waals surface area contributed by atoms with Crippen molar-refractivity contribution in [2.45, 2.75) is 6.10 Å². The number of aliphatic hydroxyl groups excluding tert-OH is 1. The Labute approximate surface area is 110 Å². The van der Waals surface area contributed by atoms with Crippen LogP contribution >= 0.6 is 0 Å². The maximum absolute atomic E-state index is 13.5. The largest absolute Gasteiger partial charge is 0.487 e. The molecule has 2 aromatic carbocycles. The minimum atomic E-state index is -0.823. The zero-order valence-electron chi connectivity index (χ0n) is 10.1. The molecule has 1 N–H and O–H groups in total. The third kappa shape index (κ3) is 3.30. The smallest absolute Gasteiger partial charge is 0.166 e. The fourth-order valence-corrected chi connectivity index (χ4v) is 1.63. The Morgan fingerprint density at radius 1 is 1.21 bits per heavy atom. The molecular formula is C15H12FNO2. The zero-order chi connectivity index (χ0) is 13.7. The summed E-state index contributed by atoms with van der Waals surface area (Å²) in [4.78, 5) is 0. The van der Waals surface area contributed by atoms with Gasteiger partial charge in [0, 0.05) is 0 Å². The first-order valence-electron chi connectivity index (χ1n) is 5.76. The number of ether oxygens (including phenoxy) is 1. The third-order valence-electron chi connectivity index (χ3n) is 2.64. The van der Waals surface area contributed by atoms with Crippen molar-refractivity contribution in [2.24, 2.45) is 0 Å². The van der Waals surface area contributed by atoms with Gasteiger partial charge in [-0.1, -0.05) is 30.3 Å². The van der Waals surface area contributed by atoms with Gasteiger partial charge in [0.1, 0.15) is 12.7 Å². The van der Waals surface area contributed by atoms with Gasteiger partial charge < -0.3 is 9.84 Å². The van der Waals surface area contributed by atoms with Crippen molar-refractivity contribution in [3.05, 3.63) is 65.5 Å². The van der Waals surface area contributed by atoms with Crippen LogP contribution in [0.15, 0.2) is 48.5 Å². The lowest BCUT2D eigenvalue weighted by Crippen LogP contribution is -2.10. The fraction of sp³-hybridized carbons (Fsp3) is 0.133. The highest BCUT2D eigenvalue weighted by Gasteiger charge is 2.10. The molecule has 0 aliphatic rings. The number of rotatable bonds is 4. The van der Waals surface area contributed by atoms with Gasteiger partial charge in [-0.25, -0.2) is 4.39 Å². The van der Waals surface area contributed by atoms with E-state index in [0.717, 1.165) is 6.07 Å². The van der Waals surface area contributed by atoms with Crippen molar-refractivity contribution in [3.8, 4) is 11.8 Å². The molecule has 0 saturated carbocycles. The average Bonchev–Trinajstić information content (AvgIpc) is 2.46. The Morgan fingerprint density at radius 2 is 1.95 bits per heavy atom. The summed E-state index contributed by atoms with van der Waals surface area (Å²) in [5, 5.41) is 18.5. The van der Waals surface area contributed by atoms with Crippen LogP contribution < -0.4 is 4.74 Å². The fourth-order valence-electron chi connectivity index (χ4n) is 1.63. The second kappa shape index (κ2) is 5.98. The molecule has 1 unspecified atom stereocenters. The van der Waals surface area contributed by atoms with E-state index in [-0.39, 0.29) is 17.9 Å². The van der Waals surface area contributed by atoms with Gasteiger partial charge in [-0.05, 0) is 23.8 Å². The number of hydrogen-bond donors (Lipinski definition) is 1. The van der Waals surface area contributed by atoms with Crippen LogP contribution in [0.4, 0.5) is 4.39 Å². The monoisotopic (exact) mass is 257 g/mol. The van der Waals surface area contributed by atoms with Gasteiger partial charge >= 0.3 is 0 Å². The minimum absolute atomic E-state index is 0.0222. The number of hydrogen-bond acceptors (Lipinski definition) is 3. The second-order valence-corrected chi connectivity index (χ2v) is 3.99. The molecule has 4 heteroatoms. The summed E-state index contributed by atoms with van der Waals surface area (Å²) < 4.78 is 18.8. The Morgan fingerprint density at radius 3 is 2.58 bits per heavy atom. The van der Waals surface area contributed by atoms with Gasteiger partial charge in [0.05, 0.1) is 11.6 Å². The van der Waals surface area contributed by atoms with E-state index in [1.165, 1.54) is 12.1 Å². The molecule has 19 heavy (non-hydrogen) atoms. The van der Waals surface area contributed by atoms with Gasteiger partial charge in [0.2, 0.25) is 0 Å². The molecule has 0 saturated heterocycles. The van der Waals surface area contributed by atoms with Crippen LogP contribution in [0.25, 0.3) is 0 Å². The van der Waals surface area contributed by atoms with E-state index in [1.807, 2.05) is 12.1 Å². The lowest BCUT2D eigenvalue weighted by atomic mass is 10.1. The second-order valence-electron chi connectivity index (χ2n) is 3.99. The SMILES string of the molecule is N#Cc1ccc(OCC(O)c2ccccc2)c(F)c1. The molecule has 0 aliphatic carbocycles. The van der Waals surface area contributed by atoms with Crippen molar-refractivity contribution in [2.75, 3.05) is 6.61 Å². The quantitative estimate of drug-likeness (QED) is 0.916. The average molecular weight is 257 g/mol. The molecule has 0 spiro atoms. The molecule has 2 rings (SSSR count). The number of nitriles is 1. The topological polar surface area (TPSA) is 53.2 Å². The molecule has 0 aliphatic heterocycles. The molecule has 96 valence electrons. The summed E-state index contributed by atoms with van der Waals surface area (Å²) in [5.41, 5.74) is 0.935. The summed E-state index contributed by atoms with van der Waals surface area (Å²) in [6, 6.07) is 14.8. The molecule has 0 aromatic heterocycles. The molecule has 0 fully saturated rings. The van der Waals surface area contributed by atoms with Crippen LogP contribution in [0.3, 0.4) is 0 Å². The summed E-state index contributed by atoms with van der Waals surface area (Å²) in [6.07, 6.45) is -0.823. The maximum Gasteiger partial charge on any atom is 0.166 e. The number of nitrogens with zero attached hydrogens (tertiary/aromatic N) is 1. The lowest BCUT2D eigenvalue weighted by molar-refractivity contribution is 0.106. The highest BCUT2D eigenvalue weighted by atomic mass is 19.1. The van der Waals surface area contributed by atoms with Crippen LogP contribution in [-0.4, -0.2) is 11.7 Å². The van der Waals surface area contributed by atoms with E-state index < -0.39 is 11.9 Å². The maximum atomic E-state index is 13.5. The molecule has 0 amide bonds. The van der Waals surface area contributed by atoms with Crippen molar-refractivity contribution in [1.82, 2.24) is 0 Å². The van der Waals surface area contributed by atoms with Gasteiger partial charge in [-0.3, -0.25) is 0 Å².